The first-order valence-electron chi connectivity index (χ1n) is 7.07. The van der Waals surface area contributed by atoms with E-state index in [9.17, 15) is 0 Å². The van der Waals surface area contributed by atoms with Crippen LogP contribution in [0.15, 0.2) is 22.7 Å². The van der Waals surface area contributed by atoms with E-state index < -0.39 is 0 Å². The second kappa shape index (κ2) is 4.81. The van der Waals surface area contributed by atoms with Crippen LogP contribution in [0.25, 0.3) is 11.0 Å². The maximum Gasteiger partial charge on any atom is 0.163 e. The van der Waals surface area contributed by atoms with E-state index in [4.69, 9.17) is 12.8 Å². The van der Waals surface area contributed by atoms with Crippen LogP contribution in [0, 0.1) is 6.92 Å². The van der Waals surface area contributed by atoms with Crippen molar-refractivity contribution in [2.45, 2.75) is 13.3 Å². The Morgan fingerprint density at radius 3 is 2.91 bits per heavy atom. The van der Waals surface area contributed by atoms with Crippen molar-refractivity contribution in [1.82, 2.24) is 20.0 Å². The van der Waals surface area contributed by atoms with Crippen LogP contribution >= 0.6 is 15.9 Å². The highest BCUT2D eigenvalue weighted by atomic mass is 79.9. The molecule has 0 fully saturated rings. The lowest BCUT2D eigenvalue weighted by Gasteiger charge is -2.21. The summed E-state index contributed by atoms with van der Waals surface area (Å²) in [6.45, 7) is 2.83. The van der Waals surface area contributed by atoms with Crippen molar-refractivity contribution in [2.75, 3.05) is 11.4 Å². The van der Waals surface area contributed by atoms with Gasteiger partial charge in [0.1, 0.15) is 7.85 Å². The average molecular weight is 354 g/mol. The number of pyridine rings is 1. The third kappa shape index (κ3) is 1.95. The number of nitrogens with zero attached hydrogens (tertiary/aromatic N) is 5. The van der Waals surface area contributed by atoms with Crippen LogP contribution in [0.1, 0.15) is 11.3 Å². The topological polar surface area (TPSA) is 46.8 Å². The van der Waals surface area contributed by atoms with Gasteiger partial charge in [0.25, 0.3) is 0 Å². The van der Waals surface area contributed by atoms with Crippen molar-refractivity contribution < 1.29 is 0 Å². The zero-order chi connectivity index (χ0) is 15.4. The molecular formula is C15H13BBrN5. The van der Waals surface area contributed by atoms with E-state index in [0.717, 1.165) is 51.1 Å². The van der Waals surface area contributed by atoms with Gasteiger partial charge in [0.2, 0.25) is 0 Å². The number of halogens is 1. The zero-order valence-electron chi connectivity index (χ0n) is 12.3. The highest BCUT2D eigenvalue weighted by molar-refractivity contribution is 9.10. The summed E-state index contributed by atoms with van der Waals surface area (Å²) in [5, 5.41) is 8.41. The molecule has 0 N–H and O–H groups in total. The summed E-state index contributed by atoms with van der Waals surface area (Å²) >= 11 is 3.51. The minimum absolute atomic E-state index is 0.752. The molecular weight excluding hydrogens is 341 g/mol. The number of hydrogen-bond donors (Lipinski definition) is 0. The Kier molecular flexibility index (Phi) is 3.01. The quantitative estimate of drug-likeness (QED) is 0.627. The molecule has 0 unspecified atom stereocenters. The van der Waals surface area contributed by atoms with E-state index in [-0.39, 0.29) is 0 Å². The van der Waals surface area contributed by atoms with Crippen LogP contribution in [-0.2, 0) is 13.5 Å². The molecule has 0 saturated carbocycles. The maximum atomic E-state index is 6.25. The molecule has 7 heteroatoms. The van der Waals surface area contributed by atoms with Crippen LogP contribution < -0.4 is 10.4 Å². The molecule has 1 aromatic carbocycles. The molecule has 0 aliphatic carbocycles. The van der Waals surface area contributed by atoms with Crippen LogP contribution in [0.4, 0.5) is 11.5 Å². The van der Waals surface area contributed by atoms with Gasteiger partial charge in [0.05, 0.1) is 5.52 Å². The fourth-order valence-corrected chi connectivity index (χ4v) is 3.60. The molecule has 1 aliphatic heterocycles. The lowest BCUT2D eigenvalue weighted by molar-refractivity contribution is 0.736. The number of anilines is 2. The van der Waals surface area contributed by atoms with Gasteiger partial charge >= 0.3 is 0 Å². The van der Waals surface area contributed by atoms with Crippen LogP contribution in [0.5, 0.6) is 0 Å². The largest absolute Gasteiger partial charge is 0.324 e. The molecule has 0 atom stereocenters. The SMILES string of the molecule is [B]c1cc(Br)cc2c1N(c1nc(C)cc3c1nnn3C)CC2. The fourth-order valence-electron chi connectivity index (χ4n) is 3.08. The summed E-state index contributed by atoms with van der Waals surface area (Å²) in [5.74, 6) is 0.830. The second-order valence-electron chi connectivity index (χ2n) is 5.57. The molecule has 0 amide bonds. The van der Waals surface area contributed by atoms with Gasteiger partial charge in [-0.3, -0.25) is 0 Å². The molecule has 3 heterocycles. The second-order valence-corrected chi connectivity index (χ2v) is 6.49. The molecule has 3 aromatic rings. The highest BCUT2D eigenvalue weighted by Gasteiger charge is 2.26. The number of hydrogen-bond acceptors (Lipinski definition) is 4. The normalized spacial score (nSPS) is 13.9. The van der Waals surface area contributed by atoms with Crippen molar-refractivity contribution in [1.29, 1.82) is 0 Å². The Balaban J connectivity index is 1.96. The molecule has 108 valence electrons. The van der Waals surface area contributed by atoms with Crippen molar-refractivity contribution in [3.63, 3.8) is 0 Å². The van der Waals surface area contributed by atoms with Gasteiger partial charge in [-0.25, -0.2) is 9.67 Å². The Morgan fingerprint density at radius 2 is 2.09 bits per heavy atom. The van der Waals surface area contributed by atoms with Crippen molar-refractivity contribution >= 4 is 51.8 Å². The Morgan fingerprint density at radius 1 is 1.27 bits per heavy atom. The van der Waals surface area contributed by atoms with Crippen LogP contribution in [0.3, 0.4) is 0 Å². The third-order valence-corrected chi connectivity index (χ3v) is 4.48. The number of aromatic nitrogens is 4. The first kappa shape index (κ1) is 13.8. The lowest BCUT2D eigenvalue weighted by Crippen LogP contribution is -2.22. The van der Waals surface area contributed by atoms with Crippen molar-refractivity contribution in [2.24, 2.45) is 7.05 Å². The van der Waals surface area contributed by atoms with Gasteiger partial charge in [-0.2, -0.15) is 0 Å². The van der Waals surface area contributed by atoms with E-state index in [1.165, 1.54) is 5.56 Å². The predicted octanol–water partition coefficient (Wildman–Crippen LogP) is 1.92. The molecule has 5 nitrogen and oxygen atoms in total. The van der Waals surface area contributed by atoms with E-state index in [2.05, 4.69) is 37.2 Å². The molecule has 0 saturated heterocycles. The Hall–Kier alpha value is -1.89. The number of rotatable bonds is 1. The van der Waals surface area contributed by atoms with Crippen LogP contribution in [0.2, 0.25) is 0 Å². The van der Waals surface area contributed by atoms with E-state index in [0.29, 0.717) is 0 Å². The zero-order valence-corrected chi connectivity index (χ0v) is 13.9. The van der Waals surface area contributed by atoms with Crippen LogP contribution in [-0.4, -0.2) is 34.4 Å². The molecule has 2 aromatic heterocycles. The van der Waals surface area contributed by atoms with Gasteiger partial charge < -0.3 is 4.90 Å². The number of fused-ring (bicyclic) bond motifs is 2. The lowest BCUT2D eigenvalue weighted by atomic mass is 9.92. The Bertz CT molecular complexity index is 905. The average Bonchev–Trinajstić information content (AvgIpc) is 3.03. The maximum absolute atomic E-state index is 6.25. The van der Waals surface area contributed by atoms with Gasteiger partial charge in [0.15, 0.2) is 11.3 Å². The fraction of sp³-hybridized carbons (Fsp3) is 0.267. The van der Waals surface area contributed by atoms with E-state index in [1.54, 1.807) is 4.68 Å². The van der Waals surface area contributed by atoms with Gasteiger partial charge in [-0.1, -0.05) is 32.7 Å². The summed E-state index contributed by atoms with van der Waals surface area (Å²) in [7, 11) is 8.14. The first-order chi connectivity index (χ1) is 10.5. The summed E-state index contributed by atoms with van der Waals surface area (Å²) in [6, 6.07) is 6.05. The molecule has 0 bridgehead atoms. The predicted molar refractivity (Wildman–Crippen MR) is 91.3 cm³/mol. The van der Waals surface area contributed by atoms with E-state index >= 15 is 0 Å². The molecule has 0 spiro atoms. The van der Waals surface area contributed by atoms with E-state index in [1.807, 2.05) is 26.1 Å². The van der Waals surface area contributed by atoms with Gasteiger partial charge in [-0.15, -0.1) is 5.10 Å². The minimum atomic E-state index is 0.752. The standard InChI is InChI=1S/C15H13BBrN5/c1-8-5-12-13(19-20-21(12)2)15(18-8)22-4-3-9-6-10(17)7-11(16)14(9)22/h5-7H,3-4H2,1-2H3. The molecule has 1 aliphatic rings. The molecule has 4 rings (SSSR count). The Labute approximate surface area is 137 Å². The number of aryl methyl sites for hydroxylation is 2. The summed E-state index contributed by atoms with van der Waals surface area (Å²) in [5.41, 5.74) is 5.75. The third-order valence-electron chi connectivity index (χ3n) is 4.02. The van der Waals surface area contributed by atoms with Crippen molar-refractivity contribution in [3.05, 3.63) is 33.9 Å². The molecule has 2 radical (unpaired) electrons. The smallest absolute Gasteiger partial charge is 0.163 e. The summed E-state index contributed by atoms with van der Waals surface area (Å²) in [4.78, 5) is 6.86. The minimum Gasteiger partial charge on any atom is -0.324 e. The molecule has 22 heavy (non-hydrogen) atoms. The number of benzene rings is 1. The monoisotopic (exact) mass is 353 g/mol. The van der Waals surface area contributed by atoms with Gasteiger partial charge in [0, 0.05) is 29.4 Å². The first-order valence-corrected chi connectivity index (χ1v) is 7.86. The highest BCUT2D eigenvalue weighted by Crippen LogP contribution is 2.36. The van der Waals surface area contributed by atoms with Crippen molar-refractivity contribution in [3.8, 4) is 0 Å². The summed E-state index contributed by atoms with van der Waals surface area (Å²) in [6.07, 6.45) is 0.941. The summed E-state index contributed by atoms with van der Waals surface area (Å²) < 4.78 is 2.78. The van der Waals surface area contributed by atoms with Gasteiger partial charge in [-0.05, 0) is 31.0 Å².